The van der Waals surface area contributed by atoms with Crippen LogP contribution in [0.5, 0.6) is 0 Å². The molecule has 0 spiro atoms. The largest absolute Gasteiger partial charge is 0.356 e. The van der Waals surface area contributed by atoms with E-state index in [0.717, 1.165) is 16.9 Å². The van der Waals surface area contributed by atoms with Crippen molar-refractivity contribution in [3.63, 3.8) is 0 Å². The van der Waals surface area contributed by atoms with Crippen LogP contribution in [0.4, 0.5) is 11.4 Å². The molecule has 0 amide bonds. The Balaban J connectivity index is 2.17. The molecule has 2 rings (SSSR count). The molecule has 2 aromatic carbocycles. The molecule has 0 atom stereocenters. The molecular weight excluding hydrogens is 194 g/mol. The maximum atomic E-state index is 3.74. The van der Waals surface area contributed by atoms with E-state index in [0.29, 0.717) is 0 Å². The van der Waals surface area contributed by atoms with Crippen molar-refractivity contribution in [2.24, 2.45) is 0 Å². The Labute approximate surface area is 96.4 Å². The van der Waals surface area contributed by atoms with Crippen LogP contribution < -0.4 is 5.32 Å². The van der Waals surface area contributed by atoms with Crippen molar-refractivity contribution in [1.29, 1.82) is 0 Å². The second kappa shape index (κ2) is 4.67. The van der Waals surface area contributed by atoms with Crippen LogP contribution in [-0.4, -0.2) is 0 Å². The zero-order valence-corrected chi connectivity index (χ0v) is 9.40. The zero-order chi connectivity index (χ0) is 11.4. The van der Waals surface area contributed by atoms with Gasteiger partial charge in [0, 0.05) is 11.4 Å². The first kappa shape index (κ1) is 10.5. The van der Waals surface area contributed by atoms with E-state index in [1.54, 1.807) is 0 Å². The number of hydrogen-bond acceptors (Lipinski definition) is 1. The fourth-order valence-electron chi connectivity index (χ4n) is 1.59. The van der Waals surface area contributed by atoms with E-state index < -0.39 is 0 Å². The summed E-state index contributed by atoms with van der Waals surface area (Å²) in [5.41, 5.74) is 4.60. The van der Waals surface area contributed by atoms with Gasteiger partial charge in [0.25, 0.3) is 0 Å². The first-order valence-electron chi connectivity index (χ1n) is 5.34. The normalized spacial score (nSPS) is 9.81. The quantitative estimate of drug-likeness (QED) is 0.791. The summed E-state index contributed by atoms with van der Waals surface area (Å²) in [5.74, 6) is 0. The van der Waals surface area contributed by atoms with Crippen molar-refractivity contribution in [1.82, 2.24) is 0 Å². The molecule has 0 aliphatic carbocycles. The minimum atomic E-state index is 1.09. The number of benzene rings is 2. The lowest BCUT2D eigenvalue weighted by Gasteiger charge is -2.07. The molecule has 2 aromatic rings. The molecule has 0 saturated carbocycles. The molecule has 0 aliphatic heterocycles. The third-order valence-electron chi connectivity index (χ3n) is 2.45. The number of rotatable bonds is 3. The SMILES string of the molecule is C=Cc1ccc(Nc2cccc(C)c2)cc1. The molecule has 0 fully saturated rings. The van der Waals surface area contributed by atoms with E-state index in [-0.39, 0.29) is 0 Å². The Kier molecular flexibility index (Phi) is 3.06. The standard InChI is InChI=1S/C15H15N/c1-3-13-7-9-14(10-8-13)16-15-6-4-5-12(2)11-15/h3-11,16H,1H2,2H3. The maximum Gasteiger partial charge on any atom is 0.0386 e. The van der Waals surface area contributed by atoms with Crippen LogP contribution in [0.15, 0.2) is 55.1 Å². The Morgan fingerprint density at radius 2 is 1.75 bits per heavy atom. The molecule has 16 heavy (non-hydrogen) atoms. The average molecular weight is 209 g/mol. The summed E-state index contributed by atoms with van der Waals surface area (Å²) in [7, 11) is 0. The first-order valence-corrected chi connectivity index (χ1v) is 5.34. The fourth-order valence-corrected chi connectivity index (χ4v) is 1.59. The van der Waals surface area contributed by atoms with E-state index in [1.165, 1.54) is 5.56 Å². The molecule has 0 saturated heterocycles. The first-order chi connectivity index (χ1) is 7.78. The van der Waals surface area contributed by atoms with E-state index in [1.807, 2.05) is 18.2 Å². The van der Waals surface area contributed by atoms with Crippen molar-refractivity contribution in [2.75, 3.05) is 5.32 Å². The van der Waals surface area contributed by atoms with Crippen molar-refractivity contribution < 1.29 is 0 Å². The van der Waals surface area contributed by atoms with Gasteiger partial charge in [-0.2, -0.15) is 0 Å². The van der Waals surface area contributed by atoms with Gasteiger partial charge in [-0.15, -0.1) is 0 Å². The molecule has 0 radical (unpaired) electrons. The van der Waals surface area contributed by atoms with Gasteiger partial charge in [0.05, 0.1) is 0 Å². The highest BCUT2D eigenvalue weighted by molar-refractivity contribution is 5.62. The molecule has 0 bridgehead atoms. The van der Waals surface area contributed by atoms with Crippen molar-refractivity contribution >= 4 is 17.5 Å². The molecule has 80 valence electrons. The van der Waals surface area contributed by atoms with Gasteiger partial charge in [0.1, 0.15) is 0 Å². The highest BCUT2D eigenvalue weighted by Crippen LogP contribution is 2.18. The highest BCUT2D eigenvalue weighted by Gasteiger charge is 1.94. The Bertz CT molecular complexity index is 483. The van der Waals surface area contributed by atoms with Crippen LogP contribution in [-0.2, 0) is 0 Å². The molecule has 1 heteroatoms. The summed E-state index contributed by atoms with van der Waals surface area (Å²) in [6, 6.07) is 16.5. The van der Waals surface area contributed by atoms with Gasteiger partial charge in [0.2, 0.25) is 0 Å². The van der Waals surface area contributed by atoms with Gasteiger partial charge >= 0.3 is 0 Å². The van der Waals surface area contributed by atoms with Crippen LogP contribution >= 0.6 is 0 Å². The average Bonchev–Trinajstić information content (AvgIpc) is 2.30. The summed E-state index contributed by atoms with van der Waals surface area (Å²) in [5, 5.41) is 3.36. The van der Waals surface area contributed by atoms with E-state index >= 15 is 0 Å². The van der Waals surface area contributed by atoms with Crippen molar-refractivity contribution in [3.8, 4) is 0 Å². The fraction of sp³-hybridized carbons (Fsp3) is 0.0667. The third kappa shape index (κ3) is 2.51. The summed E-state index contributed by atoms with van der Waals surface area (Å²) in [4.78, 5) is 0. The summed E-state index contributed by atoms with van der Waals surface area (Å²) >= 11 is 0. The Hall–Kier alpha value is -2.02. The van der Waals surface area contributed by atoms with Crippen LogP contribution in [0.2, 0.25) is 0 Å². The lowest BCUT2D eigenvalue weighted by atomic mass is 10.2. The predicted molar refractivity (Wildman–Crippen MR) is 71.0 cm³/mol. The van der Waals surface area contributed by atoms with Crippen molar-refractivity contribution in [3.05, 3.63) is 66.2 Å². The molecular formula is C15H15N. The summed E-state index contributed by atoms with van der Waals surface area (Å²) < 4.78 is 0. The van der Waals surface area contributed by atoms with E-state index in [9.17, 15) is 0 Å². The number of nitrogens with one attached hydrogen (secondary N) is 1. The van der Waals surface area contributed by atoms with Gasteiger partial charge in [-0.05, 0) is 42.3 Å². The van der Waals surface area contributed by atoms with Crippen LogP contribution in [0, 0.1) is 6.92 Å². The lowest BCUT2D eigenvalue weighted by Crippen LogP contribution is -1.90. The molecule has 0 heterocycles. The van der Waals surface area contributed by atoms with Crippen LogP contribution in [0.25, 0.3) is 6.08 Å². The monoisotopic (exact) mass is 209 g/mol. The Morgan fingerprint density at radius 3 is 2.38 bits per heavy atom. The molecule has 1 N–H and O–H groups in total. The minimum Gasteiger partial charge on any atom is -0.356 e. The number of anilines is 2. The highest BCUT2D eigenvalue weighted by atomic mass is 14.9. The third-order valence-corrected chi connectivity index (χ3v) is 2.45. The zero-order valence-electron chi connectivity index (χ0n) is 9.40. The smallest absolute Gasteiger partial charge is 0.0386 e. The predicted octanol–water partition coefficient (Wildman–Crippen LogP) is 4.38. The topological polar surface area (TPSA) is 12.0 Å². The summed E-state index contributed by atoms with van der Waals surface area (Å²) in [6.07, 6.45) is 1.84. The summed E-state index contributed by atoms with van der Waals surface area (Å²) in [6.45, 7) is 5.83. The molecule has 0 unspecified atom stereocenters. The minimum absolute atomic E-state index is 1.09. The number of aryl methyl sites for hydroxylation is 1. The van der Waals surface area contributed by atoms with E-state index in [4.69, 9.17) is 0 Å². The van der Waals surface area contributed by atoms with E-state index in [2.05, 4.69) is 55.2 Å². The maximum absolute atomic E-state index is 3.74. The van der Waals surface area contributed by atoms with Crippen molar-refractivity contribution in [2.45, 2.75) is 6.92 Å². The second-order valence-corrected chi connectivity index (χ2v) is 3.82. The van der Waals surface area contributed by atoms with Gasteiger partial charge in [-0.25, -0.2) is 0 Å². The van der Waals surface area contributed by atoms with Gasteiger partial charge in [-0.3, -0.25) is 0 Å². The second-order valence-electron chi connectivity index (χ2n) is 3.82. The van der Waals surface area contributed by atoms with Gasteiger partial charge < -0.3 is 5.32 Å². The Morgan fingerprint density at radius 1 is 1.00 bits per heavy atom. The van der Waals surface area contributed by atoms with Gasteiger partial charge in [0.15, 0.2) is 0 Å². The molecule has 0 aliphatic rings. The lowest BCUT2D eigenvalue weighted by molar-refractivity contribution is 1.45. The van der Waals surface area contributed by atoms with Crippen LogP contribution in [0.3, 0.4) is 0 Å². The van der Waals surface area contributed by atoms with Gasteiger partial charge in [-0.1, -0.05) is 36.9 Å². The van der Waals surface area contributed by atoms with Crippen LogP contribution in [0.1, 0.15) is 11.1 Å². The molecule has 0 aromatic heterocycles. The molecule has 1 nitrogen and oxygen atoms in total. The number of hydrogen-bond donors (Lipinski definition) is 1.